The van der Waals surface area contributed by atoms with Gasteiger partial charge in [-0.15, -0.1) is 11.8 Å². The van der Waals surface area contributed by atoms with Gasteiger partial charge in [0.25, 0.3) is 5.91 Å². The predicted octanol–water partition coefficient (Wildman–Crippen LogP) is 4.94. The van der Waals surface area contributed by atoms with E-state index < -0.39 is 34.6 Å². The second-order valence-electron chi connectivity index (χ2n) is 5.98. The van der Waals surface area contributed by atoms with Crippen molar-refractivity contribution in [2.24, 2.45) is 0 Å². The van der Waals surface area contributed by atoms with Crippen LogP contribution in [-0.4, -0.2) is 22.4 Å². The van der Waals surface area contributed by atoms with E-state index >= 15 is 0 Å². The molecule has 1 aromatic rings. The van der Waals surface area contributed by atoms with Crippen molar-refractivity contribution in [3.8, 4) is 6.07 Å². The summed E-state index contributed by atoms with van der Waals surface area (Å²) in [5.74, 6) is -1.59. The van der Waals surface area contributed by atoms with Crippen LogP contribution < -0.4 is 5.32 Å². The van der Waals surface area contributed by atoms with E-state index in [4.69, 9.17) is 5.26 Å². The third kappa shape index (κ3) is 7.21. The van der Waals surface area contributed by atoms with Crippen LogP contribution in [0.25, 0.3) is 0 Å². The standard InChI is InChI=1S/C19H18F4N2O2S/c1-12(20)5-4-6-13(2)28-11-18(3,27)17(26)25-15-8-7-14(10-24)16(9-15)19(21,22)23/h4,6-9,27H,1-2,5,11H2,3H3,(H,25,26). The lowest BCUT2D eigenvalue weighted by molar-refractivity contribution is -0.137. The number of carbonyl (C=O) groups excluding carboxylic acids is 1. The van der Waals surface area contributed by atoms with Crippen LogP contribution in [0.15, 0.2) is 54.2 Å². The van der Waals surface area contributed by atoms with Crippen LogP contribution in [-0.2, 0) is 11.0 Å². The highest BCUT2D eigenvalue weighted by Crippen LogP contribution is 2.33. The second kappa shape index (κ2) is 9.57. The molecule has 4 nitrogen and oxygen atoms in total. The molecule has 9 heteroatoms. The maximum absolute atomic E-state index is 13.0. The number of nitrogens with one attached hydrogen (secondary N) is 1. The molecule has 0 radical (unpaired) electrons. The molecule has 1 aromatic carbocycles. The molecule has 1 rings (SSSR count). The number of nitriles is 1. The topological polar surface area (TPSA) is 73.1 Å². The van der Waals surface area contributed by atoms with Crippen LogP contribution in [0.4, 0.5) is 23.2 Å². The Hall–Kier alpha value is -2.57. The Morgan fingerprint density at radius 1 is 1.39 bits per heavy atom. The van der Waals surface area contributed by atoms with Crippen LogP contribution in [0, 0.1) is 11.3 Å². The largest absolute Gasteiger partial charge is 0.417 e. The molecule has 0 spiro atoms. The molecule has 0 heterocycles. The van der Waals surface area contributed by atoms with Crippen LogP contribution in [0.3, 0.4) is 0 Å². The number of anilines is 1. The Kier molecular flexibility index (Phi) is 8.02. The summed E-state index contributed by atoms with van der Waals surface area (Å²) in [5, 5.41) is 21.3. The number of thioether (sulfide) groups is 1. The highest BCUT2D eigenvalue weighted by Gasteiger charge is 2.35. The molecule has 0 bridgehead atoms. The first-order chi connectivity index (χ1) is 12.9. The van der Waals surface area contributed by atoms with E-state index in [9.17, 15) is 27.5 Å². The lowest BCUT2D eigenvalue weighted by Crippen LogP contribution is -2.42. The first-order valence-electron chi connectivity index (χ1n) is 7.83. The van der Waals surface area contributed by atoms with Gasteiger partial charge >= 0.3 is 6.18 Å². The van der Waals surface area contributed by atoms with Crippen molar-refractivity contribution < 1.29 is 27.5 Å². The first kappa shape index (κ1) is 23.5. The van der Waals surface area contributed by atoms with E-state index in [-0.39, 0.29) is 17.9 Å². The maximum Gasteiger partial charge on any atom is 0.417 e. The van der Waals surface area contributed by atoms with Crippen molar-refractivity contribution in [1.82, 2.24) is 0 Å². The molecule has 1 amide bonds. The van der Waals surface area contributed by atoms with Gasteiger partial charge in [-0.2, -0.15) is 18.4 Å². The summed E-state index contributed by atoms with van der Waals surface area (Å²) in [6.45, 7) is 7.98. The molecule has 0 aliphatic carbocycles. The number of alkyl halides is 3. The molecule has 0 saturated carbocycles. The lowest BCUT2D eigenvalue weighted by Gasteiger charge is -2.22. The summed E-state index contributed by atoms with van der Waals surface area (Å²) in [7, 11) is 0. The first-order valence-corrected chi connectivity index (χ1v) is 8.82. The van der Waals surface area contributed by atoms with Crippen LogP contribution >= 0.6 is 11.8 Å². The quantitative estimate of drug-likeness (QED) is 0.467. The number of benzene rings is 1. The second-order valence-corrected chi connectivity index (χ2v) is 7.08. The molecule has 2 N–H and O–H groups in total. The summed E-state index contributed by atoms with van der Waals surface area (Å²) in [4.78, 5) is 12.7. The number of rotatable bonds is 8. The molecule has 1 unspecified atom stereocenters. The number of carbonyl (C=O) groups is 1. The Bertz CT molecular complexity index is 839. The van der Waals surface area contributed by atoms with Crippen molar-refractivity contribution in [1.29, 1.82) is 5.26 Å². The lowest BCUT2D eigenvalue weighted by atomic mass is 10.1. The molecule has 0 saturated heterocycles. The summed E-state index contributed by atoms with van der Waals surface area (Å²) in [5.41, 5.74) is -3.89. The summed E-state index contributed by atoms with van der Waals surface area (Å²) < 4.78 is 51.5. The summed E-state index contributed by atoms with van der Waals surface area (Å²) >= 11 is 1.02. The molecule has 28 heavy (non-hydrogen) atoms. The van der Waals surface area contributed by atoms with E-state index in [2.05, 4.69) is 18.5 Å². The summed E-state index contributed by atoms with van der Waals surface area (Å²) in [6, 6.07) is 4.15. The zero-order valence-corrected chi connectivity index (χ0v) is 15.8. The van der Waals surface area contributed by atoms with Gasteiger partial charge in [0.1, 0.15) is 5.60 Å². The van der Waals surface area contributed by atoms with Crippen LogP contribution in [0.2, 0.25) is 0 Å². The zero-order valence-electron chi connectivity index (χ0n) is 14.9. The molecule has 0 aliphatic rings. The van der Waals surface area contributed by atoms with Gasteiger partial charge in [-0.1, -0.05) is 25.3 Å². The minimum Gasteiger partial charge on any atom is -0.379 e. The Labute approximate surface area is 164 Å². The molecular formula is C19H18F4N2O2S. The van der Waals surface area contributed by atoms with E-state index in [1.165, 1.54) is 25.1 Å². The Morgan fingerprint density at radius 3 is 2.57 bits per heavy atom. The van der Waals surface area contributed by atoms with Gasteiger partial charge in [-0.3, -0.25) is 4.79 Å². The average molecular weight is 414 g/mol. The van der Waals surface area contributed by atoms with Gasteiger partial charge < -0.3 is 10.4 Å². The third-order valence-electron chi connectivity index (χ3n) is 3.37. The zero-order chi connectivity index (χ0) is 21.5. The van der Waals surface area contributed by atoms with Gasteiger partial charge in [0, 0.05) is 17.9 Å². The smallest absolute Gasteiger partial charge is 0.379 e. The Morgan fingerprint density at radius 2 is 2.04 bits per heavy atom. The van der Waals surface area contributed by atoms with Gasteiger partial charge in [0.2, 0.25) is 0 Å². The number of allylic oxidation sites excluding steroid dienone is 3. The molecule has 150 valence electrons. The van der Waals surface area contributed by atoms with E-state index in [1.807, 2.05) is 0 Å². The van der Waals surface area contributed by atoms with Gasteiger partial charge in [0.15, 0.2) is 0 Å². The number of amides is 1. The van der Waals surface area contributed by atoms with Crippen molar-refractivity contribution in [2.45, 2.75) is 25.1 Å². The average Bonchev–Trinajstić information content (AvgIpc) is 2.59. The van der Waals surface area contributed by atoms with Crippen LogP contribution in [0.5, 0.6) is 0 Å². The minimum absolute atomic E-state index is 0.0106. The van der Waals surface area contributed by atoms with Gasteiger partial charge in [-0.05, 0) is 30.0 Å². The predicted molar refractivity (Wildman–Crippen MR) is 101 cm³/mol. The fourth-order valence-corrected chi connectivity index (χ4v) is 2.67. The highest BCUT2D eigenvalue weighted by molar-refractivity contribution is 8.03. The third-order valence-corrected chi connectivity index (χ3v) is 4.59. The summed E-state index contributed by atoms with van der Waals surface area (Å²) in [6.07, 6.45) is -1.78. The fourth-order valence-electron chi connectivity index (χ4n) is 1.88. The fraction of sp³-hybridized carbons (Fsp3) is 0.263. The number of aliphatic hydroxyl groups is 1. The van der Waals surface area contributed by atoms with Gasteiger partial charge in [-0.25, -0.2) is 4.39 Å². The molecule has 0 aromatic heterocycles. The molecule has 1 atom stereocenters. The van der Waals surface area contributed by atoms with Crippen molar-refractivity contribution in [2.75, 3.05) is 11.1 Å². The van der Waals surface area contributed by atoms with Crippen molar-refractivity contribution in [3.05, 3.63) is 65.4 Å². The van der Waals surface area contributed by atoms with Crippen molar-refractivity contribution >= 4 is 23.4 Å². The van der Waals surface area contributed by atoms with Crippen LogP contribution in [0.1, 0.15) is 24.5 Å². The molecule has 0 fully saturated rings. The molecule has 0 aliphatic heterocycles. The number of hydrogen-bond acceptors (Lipinski definition) is 4. The van der Waals surface area contributed by atoms with Gasteiger partial charge in [0.05, 0.1) is 23.0 Å². The SMILES string of the molecule is C=C(F)CC=CC(=C)SCC(C)(O)C(=O)Nc1ccc(C#N)c(C(F)(F)F)c1. The number of nitrogens with zero attached hydrogens (tertiary/aromatic N) is 1. The number of halogens is 4. The molecular weight excluding hydrogens is 396 g/mol. The maximum atomic E-state index is 13.0. The van der Waals surface area contributed by atoms with E-state index in [0.29, 0.717) is 11.0 Å². The van der Waals surface area contributed by atoms with E-state index in [1.54, 1.807) is 0 Å². The van der Waals surface area contributed by atoms with E-state index in [0.717, 1.165) is 23.9 Å². The highest BCUT2D eigenvalue weighted by atomic mass is 32.2. The number of hydrogen-bond donors (Lipinski definition) is 2. The monoisotopic (exact) mass is 414 g/mol. The normalized spacial score (nSPS) is 13.6. The Balaban J connectivity index is 2.81. The minimum atomic E-state index is -4.76. The van der Waals surface area contributed by atoms with Crippen molar-refractivity contribution in [3.63, 3.8) is 0 Å².